The van der Waals surface area contributed by atoms with E-state index < -0.39 is 0 Å². The van der Waals surface area contributed by atoms with Gasteiger partial charge in [-0.25, -0.2) is 9.13 Å². The summed E-state index contributed by atoms with van der Waals surface area (Å²) in [6.07, 6.45) is 24.5. The summed E-state index contributed by atoms with van der Waals surface area (Å²) in [5.74, 6) is 0.418. The minimum absolute atomic E-state index is 0. The van der Waals surface area contributed by atoms with E-state index in [1.807, 2.05) is 28.6 Å². The lowest BCUT2D eigenvalue weighted by molar-refractivity contribution is -0.698. The first-order valence-corrected chi connectivity index (χ1v) is 20.9. The fourth-order valence-corrected chi connectivity index (χ4v) is 7.84. The van der Waals surface area contributed by atoms with Crippen molar-refractivity contribution in [1.82, 2.24) is 4.57 Å². The molecule has 11 heteroatoms. The van der Waals surface area contributed by atoms with E-state index in [0.717, 1.165) is 25.1 Å². The SMILES string of the molecule is COCCOCCN1C2=CC=CCC2c2cc(/C=C/c3cc[n+](CCO)cc3)ccc21.COCCOCCn1c2ccccc2c2cc(/C=C/c3cc[n+](C)cc3)ccc21.[Cl-].[I-]. The molecule has 0 bridgehead atoms. The molecule has 0 spiro atoms. The third kappa shape index (κ3) is 12.5. The molecule has 1 aliphatic heterocycles. The van der Waals surface area contributed by atoms with Gasteiger partial charge in [0.05, 0.1) is 39.6 Å². The van der Waals surface area contributed by atoms with Gasteiger partial charge in [-0.15, -0.1) is 0 Å². The first kappa shape index (κ1) is 48.4. The number of nitrogens with zero attached hydrogens (tertiary/aromatic N) is 4. The van der Waals surface area contributed by atoms with E-state index in [0.29, 0.717) is 52.1 Å². The third-order valence-corrected chi connectivity index (χ3v) is 11.0. The number of para-hydroxylation sites is 1. The smallest absolute Gasteiger partial charge is 0.171 e. The van der Waals surface area contributed by atoms with Gasteiger partial charge in [0.1, 0.15) is 13.7 Å². The maximum Gasteiger partial charge on any atom is 0.171 e. The number of rotatable bonds is 18. The second-order valence-electron chi connectivity index (χ2n) is 15.0. The number of hydrogen-bond donors (Lipinski definition) is 1. The van der Waals surface area contributed by atoms with Crippen molar-refractivity contribution in [2.75, 3.05) is 71.9 Å². The van der Waals surface area contributed by atoms with Crippen LogP contribution in [-0.2, 0) is 39.1 Å². The lowest BCUT2D eigenvalue weighted by atomic mass is 9.91. The highest BCUT2D eigenvalue weighted by atomic mass is 127. The second kappa shape index (κ2) is 24.8. The second-order valence-corrected chi connectivity index (χ2v) is 15.0. The molecule has 4 heterocycles. The van der Waals surface area contributed by atoms with E-state index in [1.54, 1.807) is 14.2 Å². The normalized spacial score (nSPS) is 14.1. The average Bonchev–Trinajstić information content (AvgIpc) is 3.77. The van der Waals surface area contributed by atoms with Crippen LogP contribution in [0.2, 0.25) is 0 Å². The lowest BCUT2D eigenvalue weighted by Gasteiger charge is -2.24. The fourth-order valence-electron chi connectivity index (χ4n) is 7.84. The van der Waals surface area contributed by atoms with E-state index in [4.69, 9.17) is 24.1 Å². The molecule has 0 amide bonds. The maximum absolute atomic E-state index is 9.04. The minimum Gasteiger partial charge on any atom is -1.00 e. The Morgan fingerprint density at radius 2 is 1.29 bits per heavy atom. The number of methoxy groups -OCH3 is 2. The van der Waals surface area contributed by atoms with Crippen LogP contribution in [0.4, 0.5) is 5.69 Å². The number of ether oxygens (including phenoxy) is 4. The Balaban J connectivity index is 0.000000227. The van der Waals surface area contributed by atoms with Crippen molar-refractivity contribution in [1.29, 1.82) is 0 Å². The summed E-state index contributed by atoms with van der Waals surface area (Å²) in [6, 6.07) is 30.4. The Bertz CT molecular complexity index is 2450. The van der Waals surface area contributed by atoms with Gasteiger partial charge in [0.2, 0.25) is 0 Å². The van der Waals surface area contributed by atoms with Crippen LogP contribution in [-0.4, -0.2) is 76.7 Å². The number of aromatic nitrogens is 3. The topological polar surface area (TPSA) is 73.1 Å². The van der Waals surface area contributed by atoms with Crippen molar-refractivity contribution in [3.8, 4) is 0 Å². The number of benzene rings is 3. The Kier molecular flexibility index (Phi) is 19.4. The predicted molar refractivity (Wildman–Crippen MR) is 242 cm³/mol. The molecule has 3 aromatic carbocycles. The van der Waals surface area contributed by atoms with Gasteiger partial charge >= 0.3 is 0 Å². The third-order valence-electron chi connectivity index (χ3n) is 11.0. The van der Waals surface area contributed by atoms with E-state index in [9.17, 15) is 0 Å². The summed E-state index contributed by atoms with van der Waals surface area (Å²) in [4.78, 5) is 2.40. The number of aryl methyl sites for hydroxylation is 1. The minimum atomic E-state index is 0. The van der Waals surface area contributed by atoms with Crippen LogP contribution >= 0.6 is 0 Å². The first-order chi connectivity index (χ1) is 29.6. The van der Waals surface area contributed by atoms with Gasteiger partial charge in [0, 0.05) is 90.7 Å². The summed E-state index contributed by atoms with van der Waals surface area (Å²) < 4.78 is 27.9. The molecule has 0 radical (unpaired) electrons. The van der Waals surface area contributed by atoms with Crippen molar-refractivity contribution in [3.63, 3.8) is 0 Å². The molecule has 326 valence electrons. The molecule has 2 aliphatic rings. The van der Waals surface area contributed by atoms with Gasteiger partial charge in [0.15, 0.2) is 31.3 Å². The number of aliphatic hydroxyl groups is 1. The molecular weight excluding hydrogens is 911 g/mol. The molecule has 8 rings (SSSR count). The number of anilines is 1. The van der Waals surface area contributed by atoms with Crippen LogP contribution in [0.25, 0.3) is 46.1 Å². The van der Waals surface area contributed by atoms with Crippen LogP contribution in [0, 0.1) is 0 Å². The largest absolute Gasteiger partial charge is 1.00 e. The summed E-state index contributed by atoms with van der Waals surface area (Å²) in [6.45, 7) is 6.30. The summed E-state index contributed by atoms with van der Waals surface area (Å²) in [7, 11) is 5.42. The lowest BCUT2D eigenvalue weighted by Crippen LogP contribution is -3.00. The summed E-state index contributed by atoms with van der Waals surface area (Å²) >= 11 is 0. The zero-order chi connectivity index (χ0) is 41.5. The summed E-state index contributed by atoms with van der Waals surface area (Å²) in [5.41, 5.74) is 11.3. The number of aliphatic hydroxyl groups excluding tert-OH is 1. The zero-order valence-electron chi connectivity index (χ0n) is 35.9. The van der Waals surface area contributed by atoms with Crippen molar-refractivity contribution < 1.29 is 69.6 Å². The number of halogens is 2. The van der Waals surface area contributed by atoms with Crippen molar-refractivity contribution in [2.24, 2.45) is 7.05 Å². The molecule has 3 aromatic heterocycles. The Morgan fingerprint density at radius 3 is 1.98 bits per heavy atom. The van der Waals surface area contributed by atoms with Gasteiger partial charge in [-0.1, -0.05) is 66.8 Å². The van der Waals surface area contributed by atoms with Crippen LogP contribution < -0.4 is 50.4 Å². The highest BCUT2D eigenvalue weighted by Crippen LogP contribution is 2.47. The van der Waals surface area contributed by atoms with Crippen LogP contribution in [0.3, 0.4) is 0 Å². The van der Waals surface area contributed by atoms with E-state index >= 15 is 0 Å². The van der Waals surface area contributed by atoms with Gasteiger partial charge in [-0.2, -0.15) is 0 Å². The standard InChI is InChI=1S/C26H31N2O3.C25H27N2O2.ClH.HI/c1-30-18-19-31-17-15-28-25-5-3-2-4-23(25)24-20-22(8-9-26(24)28)7-6-21-10-12-27(13-11-21)14-16-29;1-26-13-11-20(12-14-26)7-8-21-9-10-25-23(19-21)22-5-3-4-6-24(22)27(25)15-16-29-18-17-28-2;;/h2-3,5-13,20,23,29H,4,14-19H2,1H3;3-14,19H,15-18H2,1-2H3;2*1H/q2*+1;;/p-2. The monoisotopic (exact) mass is 968 g/mol. The number of pyridine rings is 2. The summed E-state index contributed by atoms with van der Waals surface area (Å²) in [5, 5.41) is 11.6. The van der Waals surface area contributed by atoms with Gasteiger partial charge in [0.25, 0.3) is 0 Å². The molecule has 1 atom stereocenters. The number of allylic oxidation sites excluding steroid dienone is 4. The maximum atomic E-state index is 9.04. The fraction of sp³-hybridized carbons (Fsp3) is 0.294. The molecule has 1 N–H and O–H groups in total. The van der Waals surface area contributed by atoms with Gasteiger partial charge in [-0.3, -0.25) is 0 Å². The Labute approximate surface area is 389 Å². The van der Waals surface area contributed by atoms with Crippen LogP contribution in [0.1, 0.15) is 40.2 Å². The zero-order valence-corrected chi connectivity index (χ0v) is 38.8. The molecule has 1 unspecified atom stereocenters. The van der Waals surface area contributed by atoms with Crippen LogP contribution in [0.15, 0.2) is 134 Å². The Hall–Kier alpha value is -4.66. The van der Waals surface area contributed by atoms with Crippen molar-refractivity contribution >= 4 is 51.8 Å². The average molecular weight is 969 g/mol. The Morgan fingerprint density at radius 1 is 0.677 bits per heavy atom. The van der Waals surface area contributed by atoms with Gasteiger partial charge < -0.3 is 69.9 Å². The van der Waals surface area contributed by atoms with E-state index in [-0.39, 0.29) is 43.0 Å². The highest BCUT2D eigenvalue weighted by Gasteiger charge is 2.33. The molecule has 1 aliphatic carbocycles. The molecule has 0 saturated heterocycles. The van der Waals surface area contributed by atoms with Crippen molar-refractivity contribution in [3.05, 3.63) is 161 Å². The van der Waals surface area contributed by atoms with E-state index in [1.165, 1.54) is 55.4 Å². The quantitative estimate of drug-likeness (QED) is 0.0809. The van der Waals surface area contributed by atoms with Crippen molar-refractivity contribution in [2.45, 2.75) is 25.4 Å². The molecular formula is C51H58ClIN4O5. The molecule has 0 fully saturated rings. The molecule has 62 heavy (non-hydrogen) atoms. The van der Waals surface area contributed by atoms with E-state index in [2.05, 4.69) is 149 Å². The first-order valence-electron chi connectivity index (χ1n) is 20.9. The molecule has 9 nitrogen and oxygen atoms in total. The number of hydrogen-bond acceptors (Lipinski definition) is 6. The van der Waals surface area contributed by atoms with Crippen LogP contribution in [0.5, 0.6) is 0 Å². The number of fused-ring (bicyclic) bond motifs is 6. The predicted octanol–water partition coefficient (Wildman–Crippen LogP) is 2.01. The molecule has 0 saturated carbocycles. The molecule has 6 aromatic rings. The highest BCUT2D eigenvalue weighted by molar-refractivity contribution is 6.08. The van der Waals surface area contributed by atoms with Gasteiger partial charge in [-0.05, 0) is 70.6 Å².